The Hall–Kier alpha value is -1.07. The first-order valence-corrected chi connectivity index (χ1v) is 12.4. The van der Waals surface area contributed by atoms with Crippen molar-refractivity contribution < 1.29 is 44.5 Å². The Bertz CT molecular complexity index is 582. The summed E-state index contributed by atoms with van der Waals surface area (Å²) in [5, 5.41) is 50.1. The highest BCUT2D eigenvalue weighted by Gasteiger charge is 2.44. The van der Waals surface area contributed by atoms with Crippen LogP contribution in [0.15, 0.2) is 12.2 Å². The van der Waals surface area contributed by atoms with Crippen molar-refractivity contribution in [3.05, 3.63) is 12.2 Å². The first-order chi connectivity index (χ1) is 15.8. The highest BCUT2D eigenvalue weighted by atomic mass is 16.7. The maximum absolute atomic E-state index is 12.2. The van der Waals surface area contributed by atoms with Gasteiger partial charge in [0.1, 0.15) is 30.5 Å². The lowest BCUT2D eigenvalue weighted by atomic mass is 9.98. The van der Waals surface area contributed by atoms with E-state index in [2.05, 4.69) is 6.92 Å². The van der Waals surface area contributed by atoms with Crippen LogP contribution in [0.4, 0.5) is 0 Å². The molecule has 192 valence electrons. The minimum absolute atomic E-state index is 0.109. The minimum atomic E-state index is -1.51. The van der Waals surface area contributed by atoms with Gasteiger partial charge in [-0.1, -0.05) is 38.7 Å². The average molecular weight is 475 g/mol. The summed E-state index contributed by atoms with van der Waals surface area (Å²) < 4.78 is 17.0. The molecule has 2 heterocycles. The predicted molar refractivity (Wildman–Crippen MR) is 120 cm³/mol. The lowest BCUT2D eigenvalue weighted by molar-refractivity contribution is -0.313. The summed E-state index contributed by atoms with van der Waals surface area (Å²) in [5.74, 6) is -0.394. The molecule has 8 atom stereocenters. The smallest absolute Gasteiger partial charge is 0.330 e. The first kappa shape index (κ1) is 28.2. The number of hydrogen-bond acceptors (Lipinski definition) is 9. The molecule has 0 aliphatic carbocycles. The van der Waals surface area contributed by atoms with E-state index < -0.39 is 55.5 Å². The summed E-state index contributed by atoms with van der Waals surface area (Å²) in [6.07, 6.45) is 3.42. The molecule has 0 amide bonds. The van der Waals surface area contributed by atoms with E-state index >= 15 is 0 Å². The summed E-state index contributed by atoms with van der Waals surface area (Å²) >= 11 is 0. The number of ether oxygens (including phenoxy) is 3. The van der Waals surface area contributed by atoms with Crippen molar-refractivity contribution in [2.75, 3.05) is 6.61 Å². The number of aliphatic hydroxyl groups excluding tert-OH is 5. The van der Waals surface area contributed by atoms with Crippen LogP contribution in [0.2, 0.25) is 0 Å². The van der Waals surface area contributed by atoms with Gasteiger partial charge in [0.05, 0.1) is 18.8 Å². The lowest BCUT2D eigenvalue weighted by Crippen LogP contribution is -2.59. The van der Waals surface area contributed by atoms with Crippen LogP contribution in [-0.4, -0.2) is 87.1 Å². The van der Waals surface area contributed by atoms with Gasteiger partial charge in [-0.05, 0) is 44.9 Å². The van der Waals surface area contributed by atoms with Crippen molar-refractivity contribution in [1.29, 1.82) is 0 Å². The average Bonchev–Trinajstić information content (AvgIpc) is 2.78. The molecular formula is C24H42O9. The van der Waals surface area contributed by atoms with Crippen LogP contribution in [0, 0.1) is 0 Å². The van der Waals surface area contributed by atoms with Crippen molar-refractivity contribution >= 4 is 5.97 Å². The molecule has 2 rings (SSSR count). The second-order valence-corrected chi connectivity index (χ2v) is 9.18. The molecule has 0 spiro atoms. The molecule has 2 aliphatic heterocycles. The maximum atomic E-state index is 12.2. The van der Waals surface area contributed by atoms with Crippen LogP contribution in [0.25, 0.3) is 0 Å². The van der Waals surface area contributed by atoms with Crippen molar-refractivity contribution in [2.45, 2.75) is 127 Å². The van der Waals surface area contributed by atoms with Crippen LogP contribution in [-0.2, 0) is 19.0 Å². The quantitative estimate of drug-likeness (QED) is 0.272. The standard InChI is InChI=1S/C24H42O9/c1-2-3-5-10-17-11-6-4-7-12-18(14-16(26)9-8-13-20(27)31-17)32-24-23(30)22(29)21(28)19(15-25)33-24/h8,13,16-19,21-26,28-30H,2-7,9-12,14-15H2,1H3/b13-8+/t16-,17?,18-,19-,21-,22+,23-,24-/m1/s1. The summed E-state index contributed by atoms with van der Waals surface area (Å²) in [7, 11) is 0. The van der Waals surface area contributed by atoms with E-state index in [1.807, 2.05) is 0 Å². The van der Waals surface area contributed by atoms with Gasteiger partial charge in [0.15, 0.2) is 6.29 Å². The third-order valence-electron chi connectivity index (χ3n) is 6.34. The fraction of sp³-hybridized carbons (Fsp3) is 0.875. The van der Waals surface area contributed by atoms with E-state index in [-0.39, 0.29) is 18.9 Å². The zero-order valence-corrected chi connectivity index (χ0v) is 19.6. The molecule has 0 aromatic heterocycles. The number of unbranched alkanes of at least 4 members (excludes halogenated alkanes) is 2. The number of carbonyl (C=O) groups excluding carboxylic acids is 1. The Morgan fingerprint density at radius 3 is 2.52 bits per heavy atom. The van der Waals surface area contributed by atoms with Gasteiger partial charge < -0.3 is 39.7 Å². The molecular weight excluding hydrogens is 432 g/mol. The monoisotopic (exact) mass is 474 g/mol. The molecule has 33 heavy (non-hydrogen) atoms. The number of cyclic esters (lactones) is 1. The van der Waals surface area contributed by atoms with E-state index in [0.717, 1.165) is 51.4 Å². The van der Waals surface area contributed by atoms with Crippen molar-refractivity contribution in [2.24, 2.45) is 0 Å². The van der Waals surface area contributed by atoms with Gasteiger partial charge >= 0.3 is 5.97 Å². The van der Waals surface area contributed by atoms with Crippen LogP contribution < -0.4 is 0 Å². The van der Waals surface area contributed by atoms with Gasteiger partial charge in [0, 0.05) is 6.08 Å². The minimum Gasteiger partial charge on any atom is -0.459 e. The van der Waals surface area contributed by atoms with Crippen molar-refractivity contribution in [3.8, 4) is 0 Å². The lowest BCUT2D eigenvalue weighted by Gasteiger charge is -2.41. The molecule has 1 fully saturated rings. The molecule has 9 nitrogen and oxygen atoms in total. The molecule has 0 aromatic rings. The van der Waals surface area contributed by atoms with Crippen molar-refractivity contribution in [1.82, 2.24) is 0 Å². The second-order valence-electron chi connectivity index (χ2n) is 9.18. The highest BCUT2D eigenvalue weighted by Crippen LogP contribution is 2.26. The normalized spacial score (nSPS) is 38.3. The van der Waals surface area contributed by atoms with Crippen LogP contribution in [0.5, 0.6) is 0 Å². The van der Waals surface area contributed by atoms with Crippen LogP contribution in [0.1, 0.15) is 77.6 Å². The molecule has 5 N–H and O–H groups in total. The molecule has 2 aliphatic rings. The summed E-state index contributed by atoms with van der Waals surface area (Å²) in [4.78, 5) is 12.2. The summed E-state index contributed by atoms with van der Waals surface area (Å²) in [5.41, 5.74) is 0. The Morgan fingerprint density at radius 2 is 1.79 bits per heavy atom. The summed E-state index contributed by atoms with van der Waals surface area (Å²) in [6.45, 7) is 1.61. The van der Waals surface area contributed by atoms with Crippen LogP contribution in [0.3, 0.4) is 0 Å². The summed E-state index contributed by atoms with van der Waals surface area (Å²) in [6, 6.07) is 0. The Kier molecular flexibility index (Phi) is 12.8. The van der Waals surface area contributed by atoms with E-state index in [4.69, 9.17) is 14.2 Å². The molecule has 1 unspecified atom stereocenters. The Morgan fingerprint density at radius 1 is 1.03 bits per heavy atom. The Labute approximate surface area is 196 Å². The number of carbonyl (C=O) groups is 1. The van der Waals surface area contributed by atoms with Crippen LogP contribution >= 0.6 is 0 Å². The molecule has 1 saturated heterocycles. The van der Waals surface area contributed by atoms with E-state index in [1.54, 1.807) is 6.08 Å². The van der Waals surface area contributed by atoms with Gasteiger partial charge in [-0.3, -0.25) is 0 Å². The predicted octanol–water partition coefficient (Wildman–Crippen LogP) is 1.32. The highest BCUT2D eigenvalue weighted by molar-refractivity contribution is 5.82. The van der Waals surface area contributed by atoms with Gasteiger partial charge in [-0.2, -0.15) is 0 Å². The number of esters is 1. The first-order valence-electron chi connectivity index (χ1n) is 12.4. The largest absolute Gasteiger partial charge is 0.459 e. The maximum Gasteiger partial charge on any atom is 0.330 e. The Balaban J connectivity index is 1.99. The number of aliphatic hydroxyl groups is 5. The van der Waals surface area contributed by atoms with Gasteiger partial charge in [0.2, 0.25) is 0 Å². The van der Waals surface area contributed by atoms with E-state index in [1.165, 1.54) is 6.08 Å². The molecule has 9 heteroatoms. The molecule has 0 radical (unpaired) electrons. The van der Waals surface area contributed by atoms with E-state index in [0.29, 0.717) is 6.42 Å². The molecule has 0 saturated carbocycles. The fourth-order valence-corrected chi connectivity index (χ4v) is 4.34. The van der Waals surface area contributed by atoms with Gasteiger partial charge in [-0.15, -0.1) is 0 Å². The zero-order valence-electron chi connectivity index (χ0n) is 19.6. The second kappa shape index (κ2) is 15.0. The zero-order chi connectivity index (χ0) is 24.2. The number of hydrogen-bond donors (Lipinski definition) is 5. The topological polar surface area (TPSA) is 146 Å². The van der Waals surface area contributed by atoms with E-state index in [9.17, 15) is 30.3 Å². The molecule has 0 aromatic carbocycles. The number of rotatable bonds is 7. The SMILES string of the molecule is CCCCCC1CCCCC[C@@H](O[C@@H]2O[C@H](CO)[C@@H](O)[C@H](O)[C@H]2O)C[C@H](O)C/C=C/C(=O)O1. The molecule has 0 bridgehead atoms. The van der Waals surface area contributed by atoms with Crippen molar-refractivity contribution in [3.63, 3.8) is 0 Å². The third kappa shape index (κ3) is 9.60. The van der Waals surface area contributed by atoms with Gasteiger partial charge in [-0.25, -0.2) is 4.79 Å². The van der Waals surface area contributed by atoms with Gasteiger partial charge in [0.25, 0.3) is 0 Å². The third-order valence-corrected chi connectivity index (χ3v) is 6.34. The fourth-order valence-electron chi connectivity index (χ4n) is 4.34.